The van der Waals surface area contributed by atoms with E-state index >= 15 is 0 Å². The first-order chi connectivity index (χ1) is 9.84. The van der Waals surface area contributed by atoms with Crippen molar-refractivity contribution in [2.24, 2.45) is 0 Å². The van der Waals surface area contributed by atoms with Crippen molar-refractivity contribution in [2.45, 2.75) is 13.3 Å². The molecule has 0 N–H and O–H groups in total. The number of rotatable bonds is 1. The Hall–Kier alpha value is -2.34. The summed E-state index contributed by atoms with van der Waals surface area (Å²) in [6.07, 6.45) is 1.06. The van der Waals surface area contributed by atoms with Gasteiger partial charge < -0.3 is 0 Å². The van der Waals surface area contributed by atoms with Crippen LogP contribution in [0.3, 0.4) is 0 Å². The van der Waals surface area contributed by atoms with Crippen molar-refractivity contribution >= 4 is 0 Å². The minimum atomic E-state index is 1.06. The highest BCUT2D eigenvalue weighted by Crippen LogP contribution is 2.43. The average molecular weight is 256 g/mol. The molecule has 4 rings (SSSR count). The van der Waals surface area contributed by atoms with E-state index in [2.05, 4.69) is 73.7 Å². The van der Waals surface area contributed by atoms with E-state index < -0.39 is 0 Å². The van der Waals surface area contributed by atoms with E-state index in [1.165, 1.54) is 38.9 Å². The summed E-state index contributed by atoms with van der Waals surface area (Å²) in [6, 6.07) is 24.1. The number of hydrogen-bond donors (Lipinski definition) is 0. The molecule has 0 amide bonds. The fraction of sp³-hybridized carbons (Fsp3) is 0.100. The zero-order chi connectivity index (χ0) is 13.5. The Morgan fingerprint density at radius 3 is 2.10 bits per heavy atom. The molecule has 0 aliphatic heterocycles. The third kappa shape index (κ3) is 1.61. The Bertz CT molecular complexity index is 797. The fourth-order valence-corrected chi connectivity index (χ4v) is 3.29. The molecule has 3 aromatic rings. The van der Waals surface area contributed by atoms with Crippen LogP contribution in [0.4, 0.5) is 0 Å². The van der Waals surface area contributed by atoms with Crippen molar-refractivity contribution in [3.8, 4) is 22.3 Å². The van der Waals surface area contributed by atoms with Crippen LogP contribution in [0.1, 0.15) is 16.7 Å². The second-order valence-electron chi connectivity index (χ2n) is 5.49. The average Bonchev–Trinajstić information content (AvgIpc) is 2.86. The number of hydrogen-bond acceptors (Lipinski definition) is 0. The number of aryl methyl sites for hydroxylation is 1. The minimum Gasteiger partial charge on any atom is -0.0620 e. The van der Waals surface area contributed by atoms with Crippen molar-refractivity contribution in [1.29, 1.82) is 0 Å². The van der Waals surface area contributed by atoms with E-state index in [9.17, 15) is 0 Å². The molecule has 1 aliphatic carbocycles. The standard InChI is InChI=1S/C20H16/c1-14-7-2-4-10-17(14)19-12-6-9-16-13-15-8-3-5-11-18(15)20(16)19/h2-12H,13H2,1H3. The summed E-state index contributed by atoms with van der Waals surface area (Å²) in [5.74, 6) is 0. The molecule has 0 saturated carbocycles. The lowest BCUT2D eigenvalue weighted by Crippen LogP contribution is -1.88. The first-order valence-electron chi connectivity index (χ1n) is 7.11. The summed E-state index contributed by atoms with van der Waals surface area (Å²) < 4.78 is 0. The molecular weight excluding hydrogens is 240 g/mol. The summed E-state index contributed by atoms with van der Waals surface area (Å²) in [6.45, 7) is 2.19. The molecule has 0 saturated heterocycles. The molecule has 1 aliphatic rings. The first kappa shape index (κ1) is 11.5. The molecule has 0 radical (unpaired) electrons. The summed E-state index contributed by atoms with van der Waals surface area (Å²) in [7, 11) is 0. The maximum atomic E-state index is 2.26. The second kappa shape index (κ2) is 4.35. The van der Waals surface area contributed by atoms with Crippen LogP contribution in [0.25, 0.3) is 22.3 Å². The highest BCUT2D eigenvalue weighted by Gasteiger charge is 2.21. The Morgan fingerprint density at radius 1 is 0.600 bits per heavy atom. The molecule has 0 heterocycles. The maximum Gasteiger partial charge on any atom is -0.00132 e. The third-order valence-electron chi connectivity index (χ3n) is 4.25. The molecular formula is C20H16. The molecule has 0 aromatic heterocycles. The largest absolute Gasteiger partial charge is 0.0620 e. The van der Waals surface area contributed by atoms with Crippen LogP contribution < -0.4 is 0 Å². The van der Waals surface area contributed by atoms with Crippen molar-refractivity contribution in [2.75, 3.05) is 0 Å². The van der Waals surface area contributed by atoms with Crippen LogP contribution in [-0.2, 0) is 6.42 Å². The number of fused-ring (bicyclic) bond motifs is 3. The highest BCUT2D eigenvalue weighted by atomic mass is 14.2. The molecule has 0 atom stereocenters. The van der Waals surface area contributed by atoms with Crippen LogP contribution in [-0.4, -0.2) is 0 Å². The molecule has 0 bridgehead atoms. The Morgan fingerprint density at radius 2 is 1.25 bits per heavy atom. The van der Waals surface area contributed by atoms with Crippen molar-refractivity contribution in [3.63, 3.8) is 0 Å². The summed E-state index contributed by atoms with van der Waals surface area (Å²) >= 11 is 0. The van der Waals surface area contributed by atoms with Crippen LogP contribution >= 0.6 is 0 Å². The molecule has 0 spiro atoms. The van der Waals surface area contributed by atoms with Gasteiger partial charge in [-0.15, -0.1) is 0 Å². The van der Waals surface area contributed by atoms with Crippen LogP contribution in [0.2, 0.25) is 0 Å². The van der Waals surface area contributed by atoms with E-state index in [1.807, 2.05) is 0 Å². The van der Waals surface area contributed by atoms with Gasteiger partial charge in [-0.2, -0.15) is 0 Å². The topological polar surface area (TPSA) is 0 Å². The van der Waals surface area contributed by atoms with E-state index in [1.54, 1.807) is 0 Å². The predicted molar refractivity (Wildman–Crippen MR) is 84.9 cm³/mol. The molecule has 3 aromatic carbocycles. The lowest BCUT2D eigenvalue weighted by atomic mass is 9.92. The first-order valence-corrected chi connectivity index (χ1v) is 7.11. The van der Waals surface area contributed by atoms with Gasteiger partial charge in [0.15, 0.2) is 0 Å². The van der Waals surface area contributed by atoms with Crippen LogP contribution in [0, 0.1) is 6.92 Å². The van der Waals surface area contributed by atoms with Crippen molar-refractivity contribution in [3.05, 3.63) is 83.4 Å². The maximum absolute atomic E-state index is 2.26. The van der Waals surface area contributed by atoms with Gasteiger partial charge in [-0.3, -0.25) is 0 Å². The second-order valence-corrected chi connectivity index (χ2v) is 5.49. The summed E-state index contributed by atoms with van der Waals surface area (Å²) in [5, 5.41) is 0. The summed E-state index contributed by atoms with van der Waals surface area (Å²) in [4.78, 5) is 0. The Labute approximate surface area is 119 Å². The monoisotopic (exact) mass is 256 g/mol. The number of benzene rings is 3. The van der Waals surface area contributed by atoms with Crippen LogP contribution in [0.5, 0.6) is 0 Å². The third-order valence-corrected chi connectivity index (χ3v) is 4.25. The fourth-order valence-electron chi connectivity index (χ4n) is 3.29. The van der Waals surface area contributed by atoms with Crippen molar-refractivity contribution < 1.29 is 0 Å². The van der Waals surface area contributed by atoms with Gasteiger partial charge in [0.25, 0.3) is 0 Å². The molecule has 0 heteroatoms. The van der Waals surface area contributed by atoms with Gasteiger partial charge in [0.05, 0.1) is 0 Å². The van der Waals surface area contributed by atoms with Crippen molar-refractivity contribution in [1.82, 2.24) is 0 Å². The van der Waals surface area contributed by atoms with E-state index in [0.29, 0.717) is 0 Å². The minimum absolute atomic E-state index is 1.06. The van der Waals surface area contributed by atoms with Gasteiger partial charge in [0, 0.05) is 0 Å². The molecule has 0 nitrogen and oxygen atoms in total. The quantitative estimate of drug-likeness (QED) is 0.437. The van der Waals surface area contributed by atoms with Gasteiger partial charge in [0.2, 0.25) is 0 Å². The van der Waals surface area contributed by atoms with E-state index in [4.69, 9.17) is 0 Å². The smallest absolute Gasteiger partial charge is 0.00132 e. The molecule has 0 unspecified atom stereocenters. The molecule has 20 heavy (non-hydrogen) atoms. The SMILES string of the molecule is Cc1ccccc1-c1cccc2c1-c1ccccc1C2. The Balaban J connectivity index is 2.03. The summed E-state index contributed by atoms with van der Waals surface area (Å²) in [5.41, 5.74) is 9.78. The molecule has 96 valence electrons. The lowest BCUT2D eigenvalue weighted by molar-refractivity contribution is 1.26. The van der Waals surface area contributed by atoms with E-state index in [-0.39, 0.29) is 0 Å². The van der Waals surface area contributed by atoms with Gasteiger partial charge >= 0.3 is 0 Å². The zero-order valence-corrected chi connectivity index (χ0v) is 11.6. The zero-order valence-electron chi connectivity index (χ0n) is 11.6. The van der Waals surface area contributed by atoms with Gasteiger partial charge in [-0.25, -0.2) is 0 Å². The van der Waals surface area contributed by atoms with Gasteiger partial charge in [0.1, 0.15) is 0 Å². The normalized spacial score (nSPS) is 12.1. The van der Waals surface area contributed by atoms with Gasteiger partial charge in [-0.1, -0.05) is 66.7 Å². The predicted octanol–water partition coefficient (Wildman–Crippen LogP) is 5.23. The molecule has 0 fully saturated rings. The Kier molecular flexibility index (Phi) is 2.50. The van der Waals surface area contributed by atoms with Crippen LogP contribution in [0.15, 0.2) is 66.7 Å². The lowest BCUT2D eigenvalue weighted by Gasteiger charge is -2.12. The van der Waals surface area contributed by atoms with Gasteiger partial charge in [-0.05, 0) is 52.3 Å². The van der Waals surface area contributed by atoms with E-state index in [0.717, 1.165) is 6.42 Å². The highest BCUT2D eigenvalue weighted by molar-refractivity contribution is 5.91.